The van der Waals surface area contributed by atoms with Gasteiger partial charge < -0.3 is 15.0 Å². The Morgan fingerprint density at radius 2 is 1.97 bits per heavy atom. The molecule has 1 N–H and O–H groups in total. The molecule has 3 aromatic rings. The van der Waals surface area contributed by atoms with E-state index in [1.54, 1.807) is 4.90 Å². The maximum Gasteiger partial charge on any atom is 0.449 e. The largest absolute Gasteiger partial charge is 0.449 e. The summed E-state index contributed by atoms with van der Waals surface area (Å²) in [4.78, 5) is 35.7. The first kappa shape index (κ1) is 22.8. The van der Waals surface area contributed by atoms with Crippen molar-refractivity contribution in [2.45, 2.75) is 38.1 Å². The number of anilines is 1. The van der Waals surface area contributed by atoms with Crippen molar-refractivity contribution in [1.82, 2.24) is 19.9 Å². The van der Waals surface area contributed by atoms with E-state index in [0.29, 0.717) is 42.4 Å². The van der Waals surface area contributed by atoms with Gasteiger partial charge in [0.25, 0.3) is 5.56 Å². The molecule has 1 unspecified atom stereocenters. The smallest absolute Gasteiger partial charge is 0.381 e. The molecule has 0 spiro atoms. The molecule has 1 aromatic carbocycles. The average Bonchev–Trinajstić information content (AvgIpc) is 3.42. The Bertz CT molecular complexity index is 1260. The van der Waals surface area contributed by atoms with Gasteiger partial charge in [-0.3, -0.25) is 14.2 Å². The molecular formula is C22H22F3N5O3S. The fourth-order valence-corrected chi connectivity index (χ4v) is 5.23. The molecule has 1 amide bonds. The first-order chi connectivity index (χ1) is 16.3. The lowest BCUT2D eigenvalue weighted by Crippen LogP contribution is -2.43. The third kappa shape index (κ3) is 4.39. The first-order valence-corrected chi connectivity index (χ1v) is 11.8. The second kappa shape index (κ2) is 8.99. The normalized spacial score (nSPS) is 18.9. The van der Waals surface area contributed by atoms with Crippen LogP contribution in [0.15, 0.2) is 35.1 Å². The number of hydrogen-bond donors (Lipinski definition) is 1. The van der Waals surface area contributed by atoms with E-state index in [2.05, 4.69) is 15.3 Å². The molecule has 2 saturated heterocycles. The number of amides is 1. The maximum atomic E-state index is 13.7. The zero-order chi connectivity index (χ0) is 23.9. The fraction of sp³-hybridized carbons (Fsp3) is 0.455. The van der Waals surface area contributed by atoms with Crippen LogP contribution in [0.2, 0.25) is 0 Å². The summed E-state index contributed by atoms with van der Waals surface area (Å²) >= 11 is 0.908. The van der Waals surface area contributed by atoms with Crippen molar-refractivity contribution in [2.75, 3.05) is 24.7 Å². The predicted molar refractivity (Wildman–Crippen MR) is 120 cm³/mol. The van der Waals surface area contributed by atoms with E-state index in [-0.39, 0.29) is 28.7 Å². The number of rotatable bonds is 6. The van der Waals surface area contributed by atoms with Crippen molar-refractivity contribution >= 4 is 32.7 Å². The summed E-state index contributed by atoms with van der Waals surface area (Å²) in [6.07, 6.45) is -3.47. The highest BCUT2D eigenvalue weighted by atomic mass is 32.1. The lowest BCUT2D eigenvalue weighted by atomic mass is 10.1. The second-order valence-corrected chi connectivity index (χ2v) is 9.41. The second-order valence-electron chi connectivity index (χ2n) is 8.46. The van der Waals surface area contributed by atoms with Crippen LogP contribution in [0.3, 0.4) is 0 Å². The first-order valence-electron chi connectivity index (χ1n) is 11.0. The zero-order valence-corrected chi connectivity index (χ0v) is 18.9. The lowest BCUT2D eigenvalue weighted by Gasteiger charge is -2.27. The molecular weight excluding hydrogens is 471 g/mol. The molecule has 34 heavy (non-hydrogen) atoms. The van der Waals surface area contributed by atoms with Gasteiger partial charge in [0.2, 0.25) is 11.7 Å². The summed E-state index contributed by atoms with van der Waals surface area (Å²) in [6.45, 7) is 1.37. The van der Waals surface area contributed by atoms with E-state index in [4.69, 9.17) is 4.74 Å². The van der Waals surface area contributed by atoms with E-state index in [0.717, 1.165) is 23.3 Å². The van der Waals surface area contributed by atoms with Crippen molar-refractivity contribution in [1.29, 1.82) is 0 Å². The zero-order valence-electron chi connectivity index (χ0n) is 18.0. The summed E-state index contributed by atoms with van der Waals surface area (Å²) in [5, 5.41) is 3.24. The van der Waals surface area contributed by atoms with Crippen molar-refractivity contribution in [3.05, 3.63) is 52.1 Å². The van der Waals surface area contributed by atoms with Crippen LogP contribution in [0, 0.1) is 5.92 Å². The highest BCUT2D eigenvalue weighted by Gasteiger charge is 2.39. The molecule has 0 bridgehead atoms. The number of ether oxygens (including phenoxy) is 1. The Balaban J connectivity index is 1.43. The highest BCUT2D eigenvalue weighted by Crippen LogP contribution is 2.34. The third-order valence-electron chi connectivity index (χ3n) is 6.02. The molecule has 2 fully saturated rings. The molecule has 2 aromatic heterocycles. The van der Waals surface area contributed by atoms with Crippen LogP contribution >= 0.6 is 11.3 Å². The predicted octanol–water partition coefficient (Wildman–Crippen LogP) is 2.80. The molecule has 2 aliphatic heterocycles. The van der Waals surface area contributed by atoms with Crippen LogP contribution in [0.5, 0.6) is 0 Å². The minimum atomic E-state index is -4.78. The SMILES string of the molecule is O=C(NCc1ccccc1)C1CCCN1c1nc2c(=O)n(CC3COC3)c(C(F)(F)F)nc2s1. The van der Waals surface area contributed by atoms with E-state index < -0.39 is 23.6 Å². The van der Waals surface area contributed by atoms with Gasteiger partial charge in [-0.1, -0.05) is 41.7 Å². The van der Waals surface area contributed by atoms with Crippen LogP contribution < -0.4 is 15.8 Å². The number of alkyl halides is 3. The third-order valence-corrected chi connectivity index (χ3v) is 7.01. The van der Waals surface area contributed by atoms with Crippen LogP contribution in [-0.2, 0) is 28.8 Å². The monoisotopic (exact) mass is 493 g/mol. The average molecular weight is 494 g/mol. The van der Waals surface area contributed by atoms with E-state index in [1.165, 1.54) is 0 Å². The number of halogens is 3. The van der Waals surface area contributed by atoms with E-state index in [1.807, 2.05) is 30.3 Å². The summed E-state index contributed by atoms with van der Waals surface area (Å²) in [5.74, 6) is -1.59. The van der Waals surface area contributed by atoms with Gasteiger partial charge in [0.1, 0.15) is 6.04 Å². The Morgan fingerprint density at radius 3 is 2.65 bits per heavy atom. The Morgan fingerprint density at radius 1 is 1.21 bits per heavy atom. The van der Waals surface area contributed by atoms with Crippen LogP contribution in [-0.4, -0.2) is 46.2 Å². The summed E-state index contributed by atoms with van der Waals surface area (Å²) < 4.78 is 46.8. The van der Waals surface area contributed by atoms with Gasteiger partial charge in [-0.05, 0) is 18.4 Å². The molecule has 5 rings (SSSR count). The van der Waals surface area contributed by atoms with Crippen molar-refractivity contribution in [2.24, 2.45) is 5.92 Å². The number of nitrogens with zero attached hydrogens (tertiary/aromatic N) is 4. The molecule has 0 aliphatic carbocycles. The highest BCUT2D eigenvalue weighted by molar-refractivity contribution is 7.21. The quantitative estimate of drug-likeness (QED) is 0.568. The topological polar surface area (TPSA) is 89.4 Å². The Labute approximate surface area is 196 Å². The van der Waals surface area contributed by atoms with Gasteiger partial charge in [-0.15, -0.1) is 0 Å². The van der Waals surface area contributed by atoms with Crippen molar-refractivity contribution < 1.29 is 22.7 Å². The molecule has 4 heterocycles. The van der Waals surface area contributed by atoms with Gasteiger partial charge in [0.05, 0.1) is 13.2 Å². The van der Waals surface area contributed by atoms with Crippen LogP contribution in [0.4, 0.5) is 18.3 Å². The lowest BCUT2D eigenvalue weighted by molar-refractivity contribution is -0.149. The van der Waals surface area contributed by atoms with Gasteiger partial charge in [0, 0.05) is 25.6 Å². The summed E-state index contributed by atoms with van der Waals surface area (Å²) in [6, 6.07) is 8.97. The van der Waals surface area contributed by atoms with Crippen molar-refractivity contribution in [3.63, 3.8) is 0 Å². The number of benzene rings is 1. The van der Waals surface area contributed by atoms with Crippen LogP contribution in [0.1, 0.15) is 24.2 Å². The van der Waals surface area contributed by atoms with E-state index in [9.17, 15) is 22.8 Å². The number of fused-ring (bicyclic) bond motifs is 1. The molecule has 180 valence electrons. The fourth-order valence-electron chi connectivity index (χ4n) is 4.22. The Hall–Kier alpha value is -2.99. The van der Waals surface area contributed by atoms with Gasteiger partial charge >= 0.3 is 6.18 Å². The van der Waals surface area contributed by atoms with Crippen LogP contribution in [0.25, 0.3) is 10.3 Å². The molecule has 0 radical (unpaired) electrons. The number of aromatic nitrogens is 3. The molecule has 8 nitrogen and oxygen atoms in total. The number of thiazole rings is 1. The van der Waals surface area contributed by atoms with Gasteiger partial charge in [-0.2, -0.15) is 13.2 Å². The maximum absolute atomic E-state index is 13.7. The minimum absolute atomic E-state index is 0.0798. The van der Waals surface area contributed by atoms with Crippen molar-refractivity contribution in [3.8, 4) is 0 Å². The Kier molecular flexibility index (Phi) is 6.02. The number of carbonyl (C=O) groups is 1. The summed E-state index contributed by atoms with van der Waals surface area (Å²) in [5.41, 5.74) is 0.0289. The number of nitrogens with one attached hydrogen (secondary N) is 1. The van der Waals surface area contributed by atoms with E-state index >= 15 is 0 Å². The number of carbonyl (C=O) groups excluding carboxylic acids is 1. The van der Waals surface area contributed by atoms with Gasteiger partial charge in [-0.25, -0.2) is 9.97 Å². The summed E-state index contributed by atoms with van der Waals surface area (Å²) in [7, 11) is 0. The van der Waals surface area contributed by atoms with Gasteiger partial charge in [0.15, 0.2) is 15.5 Å². The standard InChI is InChI=1S/C22H22F3N5O3S/c23-22(24,25)20-28-18-16(19(32)30(20)10-14-11-33-12-14)27-21(34-18)29-8-4-7-15(29)17(31)26-9-13-5-2-1-3-6-13/h1-3,5-6,14-15H,4,7-12H2,(H,26,31). The molecule has 2 aliphatic rings. The molecule has 12 heteroatoms. The number of hydrogen-bond acceptors (Lipinski definition) is 7. The molecule has 0 saturated carbocycles. The minimum Gasteiger partial charge on any atom is -0.381 e. The molecule has 1 atom stereocenters.